The van der Waals surface area contributed by atoms with Gasteiger partial charge in [0.25, 0.3) is 0 Å². The average Bonchev–Trinajstić information content (AvgIpc) is 2.73. The Morgan fingerprint density at radius 1 is 1.00 bits per heavy atom. The SMILES string of the molecule is Cc1ccc(CCC(=O)Nc2cccc(-c3nc4ccccc4c(=O)o3)c2)cc1. The van der Waals surface area contributed by atoms with Crippen molar-refractivity contribution in [3.63, 3.8) is 0 Å². The molecule has 144 valence electrons. The summed E-state index contributed by atoms with van der Waals surface area (Å²) in [5.74, 6) is 0.153. The van der Waals surface area contributed by atoms with Crippen molar-refractivity contribution in [2.24, 2.45) is 0 Å². The molecule has 0 radical (unpaired) electrons. The summed E-state index contributed by atoms with van der Waals surface area (Å²) in [5, 5.41) is 3.34. The van der Waals surface area contributed by atoms with Gasteiger partial charge in [-0.2, -0.15) is 0 Å². The van der Waals surface area contributed by atoms with Gasteiger partial charge in [0.15, 0.2) is 0 Å². The number of amides is 1. The highest BCUT2D eigenvalue weighted by Crippen LogP contribution is 2.22. The van der Waals surface area contributed by atoms with Gasteiger partial charge in [0, 0.05) is 17.7 Å². The zero-order chi connectivity index (χ0) is 20.2. The lowest BCUT2D eigenvalue weighted by atomic mass is 10.1. The van der Waals surface area contributed by atoms with Crippen LogP contribution in [-0.2, 0) is 11.2 Å². The van der Waals surface area contributed by atoms with Crippen LogP contribution in [0.15, 0.2) is 82.0 Å². The maximum Gasteiger partial charge on any atom is 0.347 e. The standard InChI is InChI=1S/C24H20N2O3/c1-16-9-11-17(12-10-16)13-14-22(27)25-19-6-4-5-18(15-19)23-26-21-8-3-2-7-20(21)24(28)29-23/h2-12,15H,13-14H2,1H3,(H,25,27). The van der Waals surface area contributed by atoms with E-state index in [2.05, 4.69) is 10.3 Å². The number of aromatic nitrogens is 1. The van der Waals surface area contributed by atoms with Crippen LogP contribution in [0, 0.1) is 6.92 Å². The maximum absolute atomic E-state index is 12.3. The summed E-state index contributed by atoms with van der Waals surface area (Å²) in [7, 11) is 0. The summed E-state index contributed by atoms with van der Waals surface area (Å²) in [5.41, 5.74) is 3.73. The molecule has 4 rings (SSSR count). The van der Waals surface area contributed by atoms with E-state index in [1.165, 1.54) is 5.56 Å². The first kappa shape index (κ1) is 18.6. The van der Waals surface area contributed by atoms with E-state index in [0.717, 1.165) is 5.56 Å². The number of benzene rings is 3. The third kappa shape index (κ3) is 4.41. The van der Waals surface area contributed by atoms with Crippen LogP contribution in [0.5, 0.6) is 0 Å². The maximum atomic E-state index is 12.3. The zero-order valence-electron chi connectivity index (χ0n) is 16.0. The second-order valence-corrected chi connectivity index (χ2v) is 6.94. The molecule has 0 aliphatic rings. The minimum atomic E-state index is -0.432. The summed E-state index contributed by atoms with van der Waals surface area (Å²) in [6.07, 6.45) is 1.06. The molecule has 0 unspecified atom stereocenters. The molecule has 5 heteroatoms. The number of para-hydroxylation sites is 1. The van der Waals surface area contributed by atoms with E-state index in [9.17, 15) is 9.59 Å². The Hall–Kier alpha value is -3.73. The van der Waals surface area contributed by atoms with Gasteiger partial charge in [0.05, 0.1) is 10.9 Å². The first-order valence-corrected chi connectivity index (χ1v) is 9.44. The van der Waals surface area contributed by atoms with Crippen molar-refractivity contribution in [1.29, 1.82) is 0 Å². The van der Waals surface area contributed by atoms with Crippen molar-refractivity contribution < 1.29 is 9.21 Å². The van der Waals surface area contributed by atoms with Crippen LogP contribution >= 0.6 is 0 Å². The number of nitrogens with one attached hydrogen (secondary N) is 1. The monoisotopic (exact) mass is 384 g/mol. The number of rotatable bonds is 5. The molecule has 1 amide bonds. The Bertz CT molecular complexity index is 1230. The second-order valence-electron chi connectivity index (χ2n) is 6.94. The van der Waals surface area contributed by atoms with Crippen molar-refractivity contribution >= 4 is 22.5 Å². The van der Waals surface area contributed by atoms with Crippen LogP contribution < -0.4 is 10.9 Å². The fraction of sp³-hybridized carbons (Fsp3) is 0.125. The van der Waals surface area contributed by atoms with Crippen LogP contribution in [0.3, 0.4) is 0 Å². The van der Waals surface area contributed by atoms with Crippen LogP contribution in [0.4, 0.5) is 5.69 Å². The van der Waals surface area contributed by atoms with Gasteiger partial charge >= 0.3 is 5.63 Å². The van der Waals surface area contributed by atoms with Crippen molar-refractivity contribution in [2.45, 2.75) is 19.8 Å². The van der Waals surface area contributed by atoms with E-state index in [1.54, 1.807) is 42.5 Å². The van der Waals surface area contributed by atoms with Crippen molar-refractivity contribution in [3.05, 3.63) is 94.3 Å². The highest BCUT2D eigenvalue weighted by molar-refractivity contribution is 5.91. The average molecular weight is 384 g/mol. The van der Waals surface area contributed by atoms with E-state index >= 15 is 0 Å². The number of carbonyl (C=O) groups is 1. The molecular weight excluding hydrogens is 364 g/mol. The van der Waals surface area contributed by atoms with E-state index in [0.29, 0.717) is 35.0 Å². The topological polar surface area (TPSA) is 72.2 Å². The third-order valence-corrected chi connectivity index (χ3v) is 4.69. The van der Waals surface area contributed by atoms with Gasteiger partial charge in [0.2, 0.25) is 11.8 Å². The van der Waals surface area contributed by atoms with E-state index in [1.807, 2.05) is 37.3 Å². The molecule has 0 fully saturated rings. The first-order chi connectivity index (χ1) is 14.1. The Kier molecular flexibility index (Phi) is 5.20. The predicted octanol–water partition coefficient (Wildman–Crippen LogP) is 4.73. The van der Waals surface area contributed by atoms with Gasteiger partial charge in [-0.1, -0.05) is 48.0 Å². The fourth-order valence-electron chi connectivity index (χ4n) is 3.11. The molecule has 29 heavy (non-hydrogen) atoms. The lowest BCUT2D eigenvalue weighted by molar-refractivity contribution is -0.116. The molecule has 4 aromatic rings. The molecule has 0 aliphatic heterocycles. The van der Waals surface area contributed by atoms with E-state index < -0.39 is 5.63 Å². The number of nitrogens with zero attached hydrogens (tertiary/aromatic N) is 1. The molecule has 0 aliphatic carbocycles. The normalized spacial score (nSPS) is 10.8. The molecular formula is C24H20N2O3. The van der Waals surface area contributed by atoms with Gasteiger partial charge in [-0.3, -0.25) is 4.79 Å². The highest BCUT2D eigenvalue weighted by Gasteiger charge is 2.10. The fourth-order valence-corrected chi connectivity index (χ4v) is 3.11. The minimum Gasteiger partial charge on any atom is -0.403 e. The third-order valence-electron chi connectivity index (χ3n) is 4.69. The summed E-state index contributed by atoms with van der Waals surface area (Å²) in [6.45, 7) is 2.04. The van der Waals surface area contributed by atoms with E-state index in [-0.39, 0.29) is 11.8 Å². The number of aryl methyl sites for hydroxylation is 2. The second kappa shape index (κ2) is 8.10. The number of carbonyl (C=O) groups excluding carboxylic acids is 1. The summed E-state index contributed by atoms with van der Waals surface area (Å²) >= 11 is 0. The van der Waals surface area contributed by atoms with Crippen LogP contribution in [0.1, 0.15) is 17.5 Å². The Balaban J connectivity index is 1.49. The largest absolute Gasteiger partial charge is 0.403 e. The van der Waals surface area contributed by atoms with Crippen molar-refractivity contribution in [2.75, 3.05) is 5.32 Å². The summed E-state index contributed by atoms with van der Waals surface area (Å²) in [4.78, 5) is 29.0. The molecule has 0 saturated heterocycles. The summed E-state index contributed by atoms with van der Waals surface area (Å²) in [6, 6.07) is 22.3. The van der Waals surface area contributed by atoms with Gasteiger partial charge in [0.1, 0.15) is 0 Å². The first-order valence-electron chi connectivity index (χ1n) is 9.44. The lowest BCUT2D eigenvalue weighted by Crippen LogP contribution is -2.12. The quantitative estimate of drug-likeness (QED) is 0.540. The smallest absolute Gasteiger partial charge is 0.347 e. The van der Waals surface area contributed by atoms with Gasteiger partial charge in [-0.05, 0) is 49.2 Å². The minimum absolute atomic E-state index is 0.0735. The molecule has 3 aromatic carbocycles. The van der Waals surface area contributed by atoms with Crippen LogP contribution in [0.25, 0.3) is 22.4 Å². The zero-order valence-corrected chi connectivity index (χ0v) is 16.0. The van der Waals surface area contributed by atoms with Crippen molar-refractivity contribution in [3.8, 4) is 11.5 Å². The van der Waals surface area contributed by atoms with Crippen LogP contribution in [0.2, 0.25) is 0 Å². The summed E-state index contributed by atoms with van der Waals surface area (Å²) < 4.78 is 5.37. The highest BCUT2D eigenvalue weighted by atomic mass is 16.4. The predicted molar refractivity (Wildman–Crippen MR) is 114 cm³/mol. The Labute approximate surface area is 168 Å². The number of hydrogen-bond acceptors (Lipinski definition) is 4. The molecule has 1 heterocycles. The van der Waals surface area contributed by atoms with Gasteiger partial charge in [-0.25, -0.2) is 9.78 Å². The Morgan fingerprint density at radius 3 is 2.62 bits per heavy atom. The Morgan fingerprint density at radius 2 is 1.79 bits per heavy atom. The number of hydrogen-bond donors (Lipinski definition) is 1. The van der Waals surface area contributed by atoms with Crippen molar-refractivity contribution in [1.82, 2.24) is 4.98 Å². The molecule has 0 bridgehead atoms. The van der Waals surface area contributed by atoms with Gasteiger partial charge < -0.3 is 9.73 Å². The molecule has 1 N–H and O–H groups in total. The van der Waals surface area contributed by atoms with E-state index in [4.69, 9.17) is 4.42 Å². The number of fused-ring (bicyclic) bond motifs is 1. The molecule has 0 spiro atoms. The number of anilines is 1. The van der Waals surface area contributed by atoms with Gasteiger partial charge in [-0.15, -0.1) is 0 Å². The molecule has 5 nitrogen and oxygen atoms in total. The molecule has 0 saturated carbocycles. The lowest BCUT2D eigenvalue weighted by Gasteiger charge is -2.08. The van der Waals surface area contributed by atoms with Crippen LogP contribution in [-0.4, -0.2) is 10.9 Å². The molecule has 1 aromatic heterocycles. The molecule has 0 atom stereocenters.